The van der Waals surface area contributed by atoms with E-state index in [1.54, 1.807) is 11.9 Å². The molecule has 0 aromatic rings. The first-order valence-corrected chi connectivity index (χ1v) is 5.00. The summed E-state index contributed by atoms with van der Waals surface area (Å²) in [4.78, 5) is 23.7. The van der Waals surface area contributed by atoms with Gasteiger partial charge >= 0.3 is 5.97 Å². The molecule has 1 fully saturated rings. The SMILES string of the molecule is CC[C@H]1CN(C)C(=O)C[C@H]1CC(=O)O. The fourth-order valence-corrected chi connectivity index (χ4v) is 2.08. The summed E-state index contributed by atoms with van der Waals surface area (Å²) in [6.07, 6.45) is 1.45. The second kappa shape index (κ2) is 4.44. The van der Waals surface area contributed by atoms with Gasteiger partial charge in [0, 0.05) is 26.4 Å². The van der Waals surface area contributed by atoms with Crippen LogP contribution in [0.15, 0.2) is 0 Å². The van der Waals surface area contributed by atoms with E-state index in [9.17, 15) is 9.59 Å². The van der Waals surface area contributed by atoms with Crippen LogP contribution in [0, 0.1) is 11.8 Å². The molecule has 0 radical (unpaired) electrons. The van der Waals surface area contributed by atoms with Gasteiger partial charge in [0.1, 0.15) is 0 Å². The van der Waals surface area contributed by atoms with Crippen molar-refractivity contribution in [2.24, 2.45) is 11.8 Å². The largest absolute Gasteiger partial charge is 0.481 e. The van der Waals surface area contributed by atoms with Crippen LogP contribution in [0.25, 0.3) is 0 Å². The van der Waals surface area contributed by atoms with Crippen LogP contribution < -0.4 is 0 Å². The summed E-state index contributed by atoms with van der Waals surface area (Å²) in [5.41, 5.74) is 0. The Bertz CT molecular complexity index is 240. The lowest BCUT2D eigenvalue weighted by Crippen LogP contribution is -2.42. The molecule has 2 atom stereocenters. The molecule has 4 nitrogen and oxygen atoms in total. The minimum absolute atomic E-state index is 0.0289. The van der Waals surface area contributed by atoms with Gasteiger partial charge < -0.3 is 10.0 Å². The number of amides is 1. The number of likely N-dealkylation sites (tertiary alicyclic amines) is 1. The number of carbonyl (C=O) groups is 2. The number of carboxylic acids is 1. The van der Waals surface area contributed by atoms with Crippen molar-refractivity contribution in [3.05, 3.63) is 0 Å². The molecular weight excluding hydrogens is 182 g/mol. The van der Waals surface area contributed by atoms with Gasteiger partial charge in [-0.2, -0.15) is 0 Å². The van der Waals surface area contributed by atoms with Crippen LogP contribution in [0.5, 0.6) is 0 Å². The van der Waals surface area contributed by atoms with E-state index >= 15 is 0 Å². The van der Waals surface area contributed by atoms with Crippen LogP contribution in [-0.4, -0.2) is 35.5 Å². The maximum absolute atomic E-state index is 11.4. The molecule has 0 aromatic carbocycles. The Labute approximate surface area is 83.9 Å². The van der Waals surface area contributed by atoms with E-state index < -0.39 is 5.97 Å². The topological polar surface area (TPSA) is 57.6 Å². The molecule has 1 saturated heterocycles. The maximum atomic E-state index is 11.4. The van der Waals surface area contributed by atoms with Crippen LogP contribution in [-0.2, 0) is 9.59 Å². The number of hydrogen-bond donors (Lipinski definition) is 1. The van der Waals surface area contributed by atoms with Gasteiger partial charge in [0.2, 0.25) is 5.91 Å². The van der Waals surface area contributed by atoms with Crippen molar-refractivity contribution in [1.82, 2.24) is 4.90 Å². The zero-order valence-corrected chi connectivity index (χ0v) is 8.69. The summed E-state index contributed by atoms with van der Waals surface area (Å²) >= 11 is 0. The summed E-state index contributed by atoms with van der Waals surface area (Å²) < 4.78 is 0. The lowest BCUT2D eigenvalue weighted by atomic mass is 9.81. The number of piperidine rings is 1. The Morgan fingerprint density at radius 1 is 1.57 bits per heavy atom. The molecule has 1 aliphatic heterocycles. The second-order valence-electron chi connectivity index (χ2n) is 4.00. The molecule has 1 heterocycles. The summed E-state index contributed by atoms with van der Waals surface area (Å²) in [6, 6.07) is 0. The zero-order chi connectivity index (χ0) is 10.7. The third kappa shape index (κ3) is 2.47. The van der Waals surface area contributed by atoms with E-state index in [1.807, 2.05) is 6.92 Å². The standard InChI is InChI=1S/C10H17NO3/c1-3-7-6-11(2)9(12)4-8(7)5-10(13)14/h7-8H,3-6H2,1-2H3,(H,13,14)/t7-,8-/m0/s1. The van der Waals surface area contributed by atoms with Crippen LogP contribution in [0.1, 0.15) is 26.2 Å². The smallest absolute Gasteiger partial charge is 0.303 e. The number of aliphatic carboxylic acids is 1. The highest BCUT2D eigenvalue weighted by Crippen LogP contribution is 2.28. The van der Waals surface area contributed by atoms with Crippen molar-refractivity contribution in [2.75, 3.05) is 13.6 Å². The monoisotopic (exact) mass is 199 g/mol. The van der Waals surface area contributed by atoms with E-state index in [-0.39, 0.29) is 18.2 Å². The van der Waals surface area contributed by atoms with Crippen LogP contribution in [0.2, 0.25) is 0 Å². The first-order chi connectivity index (χ1) is 6.54. The number of carboxylic acid groups (broad SMARTS) is 1. The van der Waals surface area contributed by atoms with Crippen LogP contribution >= 0.6 is 0 Å². The molecule has 0 spiro atoms. The lowest BCUT2D eigenvalue weighted by molar-refractivity contribution is -0.141. The molecule has 1 aliphatic rings. The van der Waals surface area contributed by atoms with E-state index in [2.05, 4.69) is 0 Å². The molecule has 14 heavy (non-hydrogen) atoms. The molecule has 0 aliphatic carbocycles. The molecule has 1 N–H and O–H groups in total. The molecule has 0 saturated carbocycles. The highest BCUT2D eigenvalue weighted by atomic mass is 16.4. The molecule has 4 heteroatoms. The van der Waals surface area contributed by atoms with E-state index in [0.29, 0.717) is 18.9 Å². The summed E-state index contributed by atoms with van der Waals surface area (Å²) in [7, 11) is 1.78. The molecule has 0 aromatic heterocycles. The fraction of sp³-hybridized carbons (Fsp3) is 0.800. The van der Waals surface area contributed by atoms with E-state index in [4.69, 9.17) is 5.11 Å². The predicted octanol–water partition coefficient (Wildman–Crippen LogP) is 0.966. The number of carbonyl (C=O) groups excluding carboxylic acids is 1. The fourth-order valence-electron chi connectivity index (χ4n) is 2.08. The van der Waals surface area contributed by atoms with Gasteiger partial charge in [0.25, 0.3) is 0 Å². The van der Waals surface area contributed by atoms with Crippen molar-refractivity contribution < 1.29 is 14.7 Å². The second-order valence-corrected chi connectivity index (χ2v) is 4.00. The first kappa shape index (κ1) is 11.0. The number of nitrogens with zero attached hydrogens (tertiary/aromatic N) is 1. The van der Waals surface area contributed by atoms with Crippen molar-refractivity contribution in [2.45, 2.75) is 26.2 Å². The van der Waals surface area contributed by atoms with Gasteiger partial charge in [-0.1, -0.05) is 13.3 Å². The molecule has 1 amide bonds. The van der Waals surface area contributed by atoms with Crippen molar-refractivity contribution in [3.8, 4) is 0 Å². The maximum Gasteiger partial charge on any atom is 0.303 e. The zero-order valence-electron chi connectivity index (χ0n) is 8.69. The van der Waals surface area contributed by atoms with Crippen molar-refractivity contribution in [1.29, 1.82) is 0 Å². The van der Waals surface area contributed by atoms with Crippen molar-refractivity contribution in [3.63, 3.8) is 0 Å². The predicted molar refractivity (Wildman–Crippen MR) is 51.8 cm³/mol. The van der Waals surface area contributed by atoms with Gasteiger partial charge in [-0.25, -0.2) is 0 Å². The van der Waals surface area contributed by atoms with Gasteiger partial charge in [-0.3, -0.25) is 9.59 Å². The molecule has 80 valence electrons. The number of hydrogen-bond acceptors (Lipinski definition) is 2. The third-order valence-corrected chi connectivity index (χ3v) is 3.00. The Morgan fingerprint density at radius 3 is 2.71 bits per heavy atom. The van der Waals surface area contributed by atoms with E-state index in [0.717, 1.165) is 6.42 Å². The first-order valence-electron chi connectivity index (χ1n) is 5.00. The highest BCUT2D eigenvalue weighted by Gasteiger charge is 2.32. The van der Waals surface area contributed by atoms with Crippen LogP contribution in [0.4, 0.5) is 0 Å². The van der Waals surface area contributed by atoms with Crippen molar-refractivity contribution >= 4 is 11.9 Å². The van der Waals surface area contributed by atoms with Crippen LogP contribution in [0.3, 0.4) is 0 Å². The molecular formula is C10H17NO3. The van der Waals surface area contributed by atoms with Gasteiger partial charge in [-0.15, -0.1) is 0 Å². The summed E-state index contributed by atoms with van der Waals surface area (Å²) in [5, 5.41) is 8.71. The van der Waals surface area contributed by atoms with E-state index in [1.165, 1.54) is 0 Å². The quantitative estimate of drug-likeness (QED) is 0.736. The minimum atomic E-state index is -0.800. The van der Waals surface area contributed by atoms with Gasteiger partial charge in [0.05, 0.1) is 0 Å². The molecule has 0 bridgehead atoms. The highest BCUT2D eigenvalue weighted by molar-refractivity contribution is 5.78. The number of rotatable bonds is 3. The average Bonchev–Trinajstić information content (AvgIpc) is 2.10. The molecule has 1 rings (SSSR count). The Hall–Kier alpha value is -1.06. The average molecular weight is 199 g/mol. The summed E-state index contributed by atoms with van der Waals surface area (Å²) in [5.74, 6) is -0.359. The lowest BCUT2D eigenvalue weighted by Gasteiger charge is -2.35. The third-order valence-electron chi connectivity index (χ3n) is 3.00. The van der Waals surface area contributed by atoms with Gasteiger partial charge in [0.15, 0.2) is 0 Å². The normalized spacial score (nSPS) is 27.9. The Kier molecular flexibility index (Phi) is 3.49. The Balaban J connectivity index is 2.62. The summed E-state index contributed by atoms with van der Waals surface area (Å²) in [6.45, 7) is 2.75. The molecule has 0 unspecified atom stereocenters. The Morgan fingerprint density at radius 2 is 2.21 bits per heavy atom. The van der Waals surface area contributed by atoms with Gasteiger partial charge in [-0.05, 0) is 11.8 Å². The minimum Gasteiger partial charge on any atom is -0.481 e.